The molecule has 0 aliphatic carbocycles. The zero-order valence-corrected chi connectivity index (χ0v) is 20.0. The molecule has 0 spiro atoms. The van der Waals surface area contributed by atoms with Crippen molar-refractivity contribution in [2.75, 3.05) is 46.1 Å². The highest BCUT2D eigenvalue weighted by atomic mass is 16.5. The van der Waals surface area contributed by atoms with Crippen LogP contribution in [0.3, 0.4) is 0 Å². The molecule has 1 aromatic rings. The average Bonchev–Trinajstić information content (AvgIpc) is 2.76. The zero-order chi connectivity index (χ0) is 23.7. The summed E-state index contributed by atoms with van der Waals surface area (Å²) in [7, 11) is 0. The van der Waals surface area contributed by atoms with Crippen LogP contribution in [0.5, 0.6) is 0 Å². The molecule has 1 aromatic carbocycles. The second kappa shape index (κ2) is 16.5. The Hall–Kier alpha value is -2.16. The maximum absolute atomic E-state index is 11.8. The fourth-order valence-electron chi connectivity index (χ4n) is 2.95. The van der Waals surface area contributed by atoms with E-state index in [1.54, 1.807) is 0 Å². The number of ether oxygens (including phenoxy) is 4. The van der Waals surface area contributed by atoms with Gasteiger partial charge in [-0.15, -0.1) is 0 Å². The number of amides is 2. The molecule has 0 saturated heterocycles. The van der Waals surface area contributed by atoms with Crippen molar-refractivity contribution in [1.82, 2.24) is 10.6 Å². The van der Waals surface area contributed by atoms with Crippen molar-refractivity contribution < 1.29 is 28.5 Å². The molecule has 0 aliphatic heterocycles. The minimum atomic E-state index is -0.474. The lowest BCUT2D eigenvalue weighted by molar-refractivity contribution is -0.123. The van der Waals surface area contributed by atoms with E-state index < -0.39 is 6.09 Å². The van der Waals surface area contributed by atoms with E-state index in [4.69, 9.17) is 18.9 Å². The lowest BCUT2D eigenvalue weighted by Crippen LogP contribution is -2.32. The van der Waals surface area contributed by atoms with E-state index in [0.717, 1.165) is 12.0 Å². The number of hydrogen-bond donors (Lipinski definition) is 2. The topological polar surface area (TPSA) is 95.1 Å². The summed E-state index contributed by atoms with van der Waals surface area (Å²) in [5.41, 5.74) is 1.01. The largest absolute Gasteiger partial charge is 0.445 e. The molecule has 8 nitrogen and oxygen atoms in total. The smallest absolute Gasteiger partial charge is 0.407 e. The number of rotatable bonds is 16. The average molecular weight is 453 g/mol. The highest BCUT2D eigenvalue weighted by molar-refractivity contribution is 5.75. The maximum Gasteiger partial charge on any atom is 0.407 e. The Balaban J connectivity index is 1.89. The first-order valence-electron chi connectivity index (χ1n) is 11.3. The quantitative estimate of drug-likeness (QED) is 0.374. The second-order valence-corrected chi connectivity index (χ2v) is 8.45. The van der Waals surface area contributed by atoms with Gasteiger partial charge in [-0.2, -0.15) is 0 Å². The fourth-order valence-corrected chi connectivity index (χ4v) is 2.95. The molecule has 0 fully saturated rings. The molecule has 0 radical (unpaired) electrons. The molecule has 0 aliphatic rings. The van der Waals surface area contributed by atoms with Crippen molar-refractivity contribution in [2.24, 2.45) is 5.41 Å². The lowest BCUT2D eigenvalue weighted by Gasteiger charge is -2.29. The van der Waals surface area contributed by atoms with Crippen LogP contribution in [-0.4, -0.2) is 64.2 Å². The van der Waals surface area contributed by atoms with Crippen LogP contribution in [0.4, 0.5) is 4.79 Å². The molecular weight excluding hydrogens is 412 g/mol. The van der Waals surface area contributed by atoms with Gasteiger partial charge in [-0.1, -0.05) is 58.0 Å². The predicted molar refractivity (Wildman–Crippen MR) is 123 cm³/mol. The number of hydrogen-bond acceptors (Lipinski definition) is 6. The van der Waals surface area contributed by atoms with E-state index in [9.17, 15) is 9.59 Å². The Morgan fingerprint density at radius 1 is 0.906 bits per heavy atom. The van der Waals surface area contributed by atoms with Crippen LogP contribution in [-0.2, 0) is 30.3 Å². The number of carbonyl (C=O) groups is 2. The van der Waals surface area contributed by atoms with E-state index in [-0.39, 0.29) is 24.0 Å². The highest BCUT2D eigenvalue weighted by Crippen LogP contribution is 2.24. The molecule has 1 atom stereocenters. The van der Waals surface area contributed by atoms with Gasteiger partial charge in [0, 0.05) is 19.5 Å². The molecule has 32 heavy (non-hydrogen) atoms. The third-order valence-electron chi connectivity index (χ3n) is 4.65. The van der Waals surface area contributed by atoms with Gasteiger partial charge in [0.05, 0.1) is 39.1 Å². The predicted octanol–water partition coefficient (Wildman–Crippen LogP) is 3.29. The molecule has 1 rings (SSSR count). The molecule has 8 heteroatoms. The summed E-state index contributed by atoms with van der Waals surface area (Å²) in [6.45, 7) is 11.6. The number of alkyl carbamates (subject to hydrolysis) is 1. The standard InChI is InChI=1S/C24H40N2O6/c1-5-21(24(2,3)4)31-14-11-22(27)25-12-15-29-17-18-30-16-13-26-23(28)32-19-20-9-7-6-8-10-20/h6-10,21H,5,11-19H2,1-4H3,(H,25,27)(H,26,28). The van der Waals surface area contributed by atoms with E-state index in [0.29, 0.717) is 52.5 Å². The summed E-state index contributed by atoms with van der Waals surface area (Å²) >= 11 is 0. The molecule has 0 aromatic heterocycles. The second-order valence-electron chi connectivity index (χ2n) is 8.45. The number of nitrogens with one attached hydrogen (secondary N) is 2. The first-order chi connectivity index (χ1) is 15.3. The molecule has 1 unspecified atom stereocenters. The summed E-state index contributed by atoms with van der Waals surface area (Å²) in [5.74, 6) is -0.0427. The molecular formula is C24H40N2O6. The van der Waals surface area contributed by atoms with Gasteiger partial charge in [0.2, 0.25) is 5.91 Å². The third-order valence-corrected chi connectivity index (χ3v) is 4.65. The van der Waals surface area contributed by atoms with Gasteiger partial charge in [-0.05, 0) is 17.4 Å². The van der Waals surface area contributed by atoms with Gasteiger partial charge >= 0.3 is 6.09 Å². The van der Waals surface area contributed by atoms with Crippen LogP contribution in [0.2, 0.25) is 0 Å². The van der Waals surface area contributed by atoms with Crippen LogP contribution < -0.4 is 10.6 Å². The molecule has 0 heterocycles. The third kappa shape index (κ3) is 14.0. The summed E-state index contributed by atoms with van der Waals surface area (Å²) < 4.78 is 21.7. The minimum Gasteiger partial charge on any atom is -0.445 e. The SMILES string of the molecule is CCC(OCCC(=O)NCCOCCOCCNC(=O)OCc1ccccc1)C(C)(C)C. The van der Waals surface area contributed by atoms with Gasteiger partial charge in [0.15, 0.2) is 0 Å². The van der Waals surface area contributed by atoms with Gasteiger partial charge in [-0.25, -0.2) is 4.79 Å². The van der Waals surface area contributed by atoms with Gasteiger partial charge in [0.25, 0.3) is 0 Å². The van der Waals surface area contributed by atoms with E-state index in [2.05, 4.69) is 38.3 Å². The molecule has 0 bridgehead atoms. The van der Waals surface area contributed by atoms with Gasteiger partial charge in [-0.3, -0.25) is 4.79 Å². The van der Waals surface area contributed by atoms with Crippen LogP contribution in [0.15, 0.2) is 30.3 Å². The number of carbonyl (C=O) groups excluding carboxylic acids is 2. The van der Waals surface area contributed by atoms with E-state index >= 15 is 0 Å². The Kier molecular flexibility index (Phi) is 14.3. The minimum absolute atomic E-state index is 0.0427. The summed E-state index contributed by atoms with van der Waals surface area (Å²) in [5, 5.41) is 5.44. The molecule has 2 N–H and O–H groups in total. The van der Waals surface area contributed by atoms with Crippen LogP contribution >= 0.6 is 0 Å². The van der Waals surface area contributed by atoms with Crippen molar-refractivity contribution in [2.45, 2.75) is 53.2 Å². The van der Waals surface area contributed by atoms with E-state index in [1.807, 2.05) is 30.3 Å². The zero-order valence-electron chi connectivity index (χ0n) is 20.0. The van der Waals surface area contributed by atoms with Crippen LogP contribution in [0, 0.1) is 5.41 Å². The normalized spacial score (nSPS) is 12.2. The molecule has 182 valence electrons. The maximum atomic E-state index is 11.8. The summed E-state index contributed by atoms with van der Waals surface area (Å²) in [4.78, 5) is 23.4. The van der Waals surface area contributed by atoms with Crippen LogP contribution in [0.1, 0.15) is 46.1 Å². The Labute approximate surface area is 192 Å². The number of benzene rings is 1. The van der Waals surface area contributed by atoms with Gasteiger partial charge < -0.3 is 29.6 Å². The van der Waals surface area contributed by atoms with Crippen molar-refractivity contribution in [3.63, 3.8) is 0 Å². The summed E-state index contributed by atoms with van der Waals surface area (Å²) in [6.07, 6.45) is 0.943. The Morgan fingerprint density at radius 2 is 1.53 bits per heavy atom. The Bertz CT molecular complexity index is 633. The monoisotopic (exact) mass is 452 g/mol. The first-order valence-corrected chi connectivity index (χ1v) is 11.3. The summed E-state index contributed by atoms with van der Waals surface area (Å²) in [6, 6.07) is 9.49. The van der Waals surface area contributed by atoms with Crippen molar-refractivity contribution in [1.29, 1.82) is 0 Å². The van der Waals surface area contributed by atoms with E-state index in [1.165, 1.54) is 0 Å². The van der Waals surface area contributed by atoms with Gasteiger partial charge in [0.1, 0.15) is 6.61 Å². The molecule has 0 saturated carbocycles. The fraction of sp³-hybridized carbons (Fsp3) is 0.667. The van der Waals surface area contributed by atoms with Crippen molar-refractivity contribution in [3.8, 4) is 0 Å². The first kappa shape index (κ1) is 27.9. The Morgan fingerprint density at radius 3 is 2.12 bits per heavy atom. The highest BCUT2D eigenvalue weighted by Gasteiger charge is 2.23. The molecule has 2 amide bonds. The van der Waals surface area contributed by atoms with Crippen molar-refractivity contribution in [3.05, 3.63) is 35.9 Å². The van der Waals surface area contributed by atoms with Crippen molar-refractivity contribution >= 4 is 12.0 Å². The van der Waals surface area contributed by atoms with Crippen LogP contribution in [0.25, 0.3) is 0 Å². The lowest BCUT2D eigenvalue weighted by atomic mass is 9.87.